The Hall–Kier alpha value is -1.83. The van der Waals surface area contributed by atoms with Gasteiger partial charge in [0.1, 0.15) is 0 Å². The van der Waals surface area contributed by atoms with Gasteiger partial charge in [-0.1, -0.05) is 54.9 Å². The van der Waals surface area contributed by atoms with Gasteiger partial charge in [0.05, 0.1) is 16.5 Å². The number of thioether (sulfide) groups is 1. The highest BCUT2D eigenvalue weighted by Gasteiger charge is 2.23. The van der Waals surface area contributed by atoms with E-state index in [1.54, 1.807) is 10.6 Å². The normalized spacial score (nSPS) is 11.8. The Kier molecular flexibility index (Phi) is 6.41. The molecule has 2 aromatic heterocycles. The van der Waals surface area contributed by atoms with Crippen molar-refractivity contribution in [3.63, 3.8) is 0 Å². The van der Waals surface area contributed by atoms with Gasteiger partial charge >= 0.3 is 0 Å². The van der Waals surface area contributed by atoms with Crippen LogP contribution in [-0.4, -0.2) is 38.3 Å². The zero-order valence-corrected chi connectivity index (χ0v) is 19.3. The minimum Gasteiger partial charge on any atom is -0.355 e. The molecule has 6 nitrogen and oxygen atoms in total. The first-order chi connectivity index (χ1) is 13.6. The fourth-order valence-electron chi connectivity index (χ4n) is 3.09. The molecule has 154 valence electrons. The van der Waals surface area contributed by atoms with Crippen molar-refractivity contribution in [3.05, 3.63) is 50.8 Å². The van der Waals surface area contributed by atoms with Gasteiger partial charge < -0.3 is 5.32 Å². The standard InChI is InChI=1S/C20H23Cl2N5OS/c1-11-14(12(2)27-18(24-11)25-19(26-27)29-5)9-17(28)23-10-20(3,4)13-6-7-15(21)16(22)8-13/h6-8H,9-10H2,1-5H3,(H,23,28). The molecule has 1 aromatic carbocycles. The van der Waals surface area contributed by atoms with Crippen LogP contribution in [0.25, 0.3) is 5.78 Å². The van der Waals surface area contributed by atoms with Crippen LogP contribution in [-0.2, 0) is 16.6 Å². The molecule has 1 amide bonds. The number of hydrogen-bond acceptors (Lipinski definition) is 5. The molecule has 0 fully saturated rings. The third kappa shape index (κ3) is 4.68. The first-order valence-electron chi connectivity index (χ1n) is 9.11. The average Bonchev–Trinajstić information content (AvgIpc) is 3.09. The highest BCUT2D eigenvalue weighted by atomic mass is 35.5. The Labute approximate surface area is 184 Å². The lowest BCUT2D eigenvalue weighted by molar-refractivity contribution is -0.120. The predicted molar refractivity (Wildman–Crippen MR) is 118 cm³/mol. The zero-order valence-electron chi connectivity index (χ0n) is 17.0. The molecule has 0 atom stereocenters. The van der Waals surface area contributed by atoms with E-state index in [0.717, 1.165) is 22.5 Å². The number of hydrogen-bond donors (Lipinski definition) is 1. The van der Waals surface area contributed by atoms with E-state index in [-0.39, 0.29) is 17.7 Å². The van der Waals surface area contributed by atoms with E-state index in [4.69, 9.17) is 23.2 Å². The molecule has 0 aliphatic carbocycles. The van der Waals surface area contributed by atoms with Gasteiger partial charge in [0.2, 0.25) is 11.1 Å². The maximum Gasteiger partial charge on any atom is 0.253 e. The highest BCUT2D eigenvalue weighted by Crippen LogP contribution is 2.29. The largest absolute Gasteiger partial charge is 0.355 e. The van der Waals surface area contributed by atoms with Crippen LogP contribution in [0.5, 0.6) is 0 Å². The van der Waals surface area contributed by atoms with Crippen molar-refractivity contribution >= 4 is 46.6 Å². The van der Waals surface area contributed by atoms with Crippen LogP contribution in [0.1, 0.15) is 36.4 Å². The Morgan fingerprint density at radius 2 is 1.93 bits per heavy atom. The number of halogens is 2. The first-order valence-corrected chi connectivity index (χ1v) is 11.1. The van der Waals surface area contributed by atoms with E-state index >= 15 is 0 Å². The van der Waals surface area contributed by atoms with Gasteiger partial charge in [-0.25, -0.2) is 9.50 Å². The van der Waals surface area contributed by atoms with Gasteiger partial charge in [0.25, 0.3) is 5.78 Å². The number of aromatic nitrogens is 4. The van der Waals surface area contributed by atoms with Crippen LogP contribution in [0.2, 0.25) is 10.0 Å². The third-order valence-corrected chi connectivity index (χ3v) is 6.26. The quantitative estimate of drug-likeness (QED) is 0.561. The van der Waals surface area contributed by atoms with Crippen molar-refractivity contribution < 1.29 is 4.79 Å². The number of benzene rings is 1. The summed E-state index contributed by atoms with van der Waals surface area (Å²) in [6, 6.07) is 5.55. The summed E-state index contributed by atoms with van der Waals surface area (Å²) < 4.78 is 1.70. The number of fused-ring (bicyclic) bond motifs is 1. The van der Waals surface area contributed by atoms with Crippen LogP contribution in [0, 0.1) is 13.8 Å². The minimum absolute atomic E-state index is 0.0734. The molecular weight excluding hydrogens is 429 g/mol. The number of carbonyl (C=O) groups is 1. The number of carbonyl (C=O) groups excluding carboxylic acids is 1. The molecule has 0 spiro atoms. The summed E-state index contributed by atoms with van der Waals surface area (Å²) in [6.45, 7) is 8.40. The van der Waals surface area contributed by atoms with E-state index in [9.17, 15) is 4.79 Å². The van der Waals surface area contributed by atoms with Crippen molar-refractivity contribution in [1.82, 2.24) is 24.9 Å². The molecule has 9 heteroatoms. The Bertz CT molecular complexity index is 1080. The minimum atomic E-state index is -0.296. The van der Waals surface area contributed by atoms with Gasteiger partial charge in [-0.2, -0.15) is 4.98 Å². The van der Waals surface area contributed by atoms with Crippen LogP contribution in [0.15, 0.2) is 23.4 Å². The summed E-state index contributed by atoms with van der Waals surface area (Å²) in [5, 5.41) is 9.14. The van der Waals surface area contributed by atoms with Crippen molar-refractivity contribution in [2.24, 2.45) is 0 Å². The summed E-state index contributed by atoms with van der Waals surface area (Å²) in [5.74, 6) is 0.477. The number of nitrogens with zero attached hydrogens (tertiary/aromatic N) is 4. The summed E-state index contributed by atoms with van der Waals surface area (Å²) in [4.78, 5) is 21.6. The maximum atomic E-state index is 12.7. The van der Waals surface area contributed by atoms with Crippen molar-refractivity contribution in [1.29, 1.82) is 0 Å². The molecule has 0 aliphatic rings. The lowest BCUT2D eigenvalue weighted by Crippen LogP contribution is -2.37. The van der Waals surface area contributed by atoms with E-state index in [1.807, 2.05) is 32.2 Å². The molecule has 0 saturated carbocycles. The Morgan fingerprint density at radius 1 is 1.21 bits per heavy atom. The molecule has 0 bridgehead atoms. The second-order valence-corrected chi connectivity index (χ2v) is 9.13. The number of amides is 1. The van der Waals surface area contributed by atoms with Crippen LogP contribution < -0.4 is 5.32 Å². The lowest BCUT2D eigenvalue weighted by Gasteiger charge is -2.26. The monoisotopic (exact) mass is 451 g/mol. The molecule has 2 heterocycles. The van der Waals surface area contributed by atoms with E-state index in [2.05, 4.69) is 34.2 Å². The van der Waals surface area contributed by atoms with Gasteiger partial charge in [-0.05, 0) is 37.8 Å². The maximum absolute atomic E-state index is 12.7. The zero-order chi connectivity index (χ0) is 21.3. The second-order valence-electron chi connectivity index (χ2n) is 7.54. The smallest absolute Gasteiger partial charge is 0.253 e. The van der Waals surface area contributed by atoms with Gasteiger partial charge in [-0.3, -0.25) is 4.79 Å². The molecule has 0 radical (unpaired) electrons. The fourth-order valence-corrected chi connectivity index (χ4v) is 3.73. The van der Waals surface area contributed by atoms with Crippen molar-refractivity contribution in [3.8, 4) is 0 Å². The predicted octanol–water partition coefficient (Wildman–Crippen LogP) is 4.41. The molecule has 3 aromatic rings. The molecule has 29 heavy (non-hydrogen) atoms. The molecule has 3 rings (SSSR count). The third-order valence-electron chi connectivity index (χ3n) is 4.98. The second kappa shape index (κ2) is 8.50. The number of nitrogens with one attached hydrogen (secondary N) is 1. The van der Waals surface area contributed by atoms with Crippen LogP contribution in [0.4, 0.5) is 0 Å². The summed E-state index contributed by atoms with van der Waals surface area (Å²) >= 11 is 13.6. The SMILES string of the molecule is CSc1nc2nc(C)c(CC(=O)NCC(C)(C)c3ccc(Cl)c(Cl)c3)c(C)n2n1. The van der Waals surface area contributed by atoms with E-state index in [0.29, 0.717) is 27.5 Å². The molecular formula is C20H23Cl2N5OS. The Morgan fingerprint density at radius 3 is 2.59 bits per heavy atom. The van der Waals surface area contributed by atoms with Crippen molar-refractivity contribution in [2.75, 3.05) is 12.8 Å². The number of aryl methyl sites for hydroxylation is 2. The number of rotatable bonds is 6. The van der Waals surface area contributed by atoms with Gasteiger partial charge in [0.15, 0.2) is 0 Å². The molecule has 1 N–H and O–H groups in total. The summed E-state index contributed by atoms with van der Waals surface area (Å²) in [5.41, 5.74) is 3.23. The van der Waals surface area contributed by atoms with Crippen LogP contribution >= 0.6 is 35.0 Å². The molecule has 0 saturated heterocycles. The van der Waals surface area contributed by atoms with E-state index < -0.39 is 0 Å². The van der Waals surface area contributed by atoms with Crippen molar-refractivity contribution in [2.45, 2.75) is 44.7 Å². The Balaban J connectivity index is 1.74. The van der Waals surface area contributed by atoms with Crippen LogP contribution in [0.3, 0.4) is 0 Å². The lowest BCUT2D eigenvalue weighted by atomic mass is 9.84. The average molecular weight is 452 g/mol. The summed E-state index contributed by atoms with van der Waals surface area (Å²) in [7, 11) is 0. The summed E-state index contributed by atoms with van der Waals surface area (Å²) in [6.07, 6.45) is 2.15. The van der Waals surface area contributed by atoms with Gasteiger partial charge in [-0.15, -0.1) is 5.10 Å². The van der Waals surface area contributed by atoms with Gasteiger partial charge in [0, 0.05) is 28.9 Å². The topological polar surface area (TPSA) is 72.2 Å². The molecule has 0 aliphatic heterocycles. The first kappa shape index (κ1) is 21.9. The molecule has 0 unspecified atom stereocenters. The fraction of sp³-hybridized carbons (Fsp3) is 0.400. The highest BCUT2D eigenvalue weighted by molar-refractivity contribution is 7.98. The van der Waals surface area contributed by atoms with E-state index in [1.165, 1.54) is 11.8 Å².